The molecule has 2 aliphatic rings. The lowest BCUT2D eigenvalue weighted by atomic mass is 9.89. The molecular weight excluding hydrogens is 242 g/mol. The van der Waals surface area contributed by atoms with Gasteiger partial charge >= 0.3 is 0 Å². The molecule has 3 rings (SSSR count). The molecule has 3 atom stereocenters. The van der Waals surface area contributed by atoms with Gasteiger partial charge in [-0.15, -0.1) is 11.3 Å². The van der Waals surface area contributed by atoms with Crippen LogP contribution in [0.15, 0.2) is 10.9 Å². The zero-order chi connectivity index (χ0) is 12.4. The largest absolute Gasteiger partial charge is 0.314 e. The number of aromatic nitrogens is 1. The summed E-state index contributed by atoms with van der Waals surface area (Å²) in [6.07, 6.45) is 5.49. The molecule has 1 N–H and O–H groups in total. The van der Waals surface area contributed by atoms with E-state index in [0.29, 0.717) is 6.04 Å². The summed E-state index contributed by atoms with van der Waals surface area (Å²) in [5, 5.41) is 5.88. The van der Waals surface area contributed by atoms with Gasteiger partial charge in [0.05, 0.1) is 17.2 Å². The summed E-state index contributed by atoms with van der Waals surface area (Å²) in [6.45, 7) is 6.01. The third-order valence-corrected chi connectivity index (χ3v) is 5.19. The molecule has 3 unspecified atom stereocenters. The average Bonchev–Trinajstić information content (AvgIpc) is 3.11. The summed E-state index contributed by atoms with van der Waals surface area (Å²) in [5.74, 6) is 0.849. The van der Waals surface area contributed by atoms with Crippen LogP contribution in [0, 0.1) is 5.92 Å². The van der Waals surface area contributed by atoms with Gasteiger partial charge in [-0.25, -0.2) is 4.98 Å². The molecule has 3 heterocycles. The number of rotatable bonds is 3. The van der Waals surface area contributed by atoms with Crippen molar-refractivity contribution in [3.8, 4) is 0 Å². The lowest BCUT2D eigenvalue weighted by molar-refractivity contribution is 0.113. The number of thiazole rings is 1. The smallest absolute Gasteiger partial charge is 0.0795 e. The highest BCUT2D eigenvalue weighted by atomic mass is 32.1. The van der Waals surface area contributed by atoms with Gasteiger partial charge < -0.3 is 5.32 Å². The second-order valence-electron chi connectivity index (χ2n) is 5.69. The average molecular weight is 265 g/mol. The summed E-state index contributed by atoms with van der Waals surface area (Å²) in [5.41, 5.74) is 3.20. The molecule has 2 aliphatic heterocycles. The Bertz CT molecular complexity index is 359. The molecule has 2 saturated heterocycles. The number of hydrogen-bond donors (Lipinski definition) is 1. The van der Waals surface area contributed by atoms with Crippen molar-refractivity contribution in [1.82, 2.24) is 15.2 Å². The highest BCUT2D eigenvalue weighted by molar-refractivity contribution is 7.07. The molecule has 3 nitrogen and oxygen atoms in total. The van der Waals surface area contributed by atoms with Crippen molar-refractivity contribution < 1.29 is 0 Å². The predicted octanol–water partition coefficient (Wildman–Crippen LogP) is 2.67. The van der Waals surface area contributed by atoms with E-state index in [2.05, 4.69) is 27.5 Å². The first-order chi connectivity index (χ1) is 8.84. The van der Waals surface area contributed by atoms with E-state index in [1.807, 2.05) is 5.51 Å². The summed E-state index contributed by atoms with van der Waals surface area (Å²) >= 11 is 1.71. The van der Waals surface area contributed by atoms with Gasteiger partial charge in [-0.1, -0.05) is 0 Å². The van der Waals surface area contributed by atoms with Gasteiger partial charge in [0.2, 0.25) is 0 Å². The van der Waals surface area contributed by atoms with E-state index in [4.69, 9.17) is 0 Å². The number of nitrogens with one attached hydrogen (secondary N) is 1. The first-order valence-electron chi connectivity index (χ1n) is 7.20. The lowest BCUT2D eigenvalue weighted by Crippen LogP contribution is -2.44. The van der Waals surface area contributed by atoms with Gasteiger partial charge in [0, 0.05) is 18.0 Å². The Labute approximate surface area is 114 Å². The van der Waals surface area contributed by atoms with Crippen LogP contribution in [-0.4, -0.2) is 35.6 Å². The molecule has 1 aromatic heterocycles. The number of piperidine rings is 1. The van der Waals surface area contributed by atoms with Crippen molar-refractivity contribution in [1.29, 1.82) is 0 Å². The molecule has 1 aromatic rings. The number of hydrogen-bond acceptors (Lipinski definition) is 4. The maximum absolute atomic E-state index is 4.48. The summed E-state index contributed by atoms with van der Waals surface area (Å²) < 4.78 is 0. The van der Waals surface area contributed by atoms with Crippen LogP contribution in [0.4, 0.5) is 0 Å². The van der Waals surface area contributed by atoms with Crippen molar-refractivity contribution in [3.05, 3.63) is 16.6 Å². The second-order valence-corrected chi connectivity index (χ2v) is 6.41. The van der Waals surface area contributed by atoms with E-state index < -0.39 is 0 Å². The Kier molecular flexibility index (Phi) is 3.97. The lowest BCUT2D eigenvalue weighted by Gasteiger charge is -2.38. The first kappa shape index (κ1) is 12.6. The Morgan fingerprint density at radius 3 is 3.11 bits per heavy atom. The molecular formula is C14H23N3S. The molecule has 0 radical (unpaired) electrons. The van der Waals surface area contributed by atoms with Crippen LogP contribution in [0.3, 0.4) is 0 Å². The van der Waals surface area contributed by atoms with Crippen LogP contribution in [0.2, 0.25) is 0 Å². The van der Waals surface area contributed by atoms with Gasteiger partial charge in [-0.3, -0.25) is 4.90 Å². The molecule has 0 amide bonds. The van der Waals surface area contributed by atoms with Crippen molar-refractivity contribution in [2.24, 2.45) is 5.92 Å². The van der Waals surface area contributed by atoms with Crippen LogP contribution in [-0.2, 0) is 0 Å². The van der Waals surface area contributed by atoms with Crippen molar-refractivity contribution in [2.75, 3.05) is 19.6 Å². The maximum Gasteiger partial charge on any atom is 0.0795 e. The highest BCUT2D eigenvalue weighted by Gasteiger charge is 2.31. The molecule has 4 heteroatoms. The molecule has 0 aliphatic carbocycles. The predicted molar refractivity (Wildman–Crippen MR) is 75.9 cm³/mol. The summed E-state index contributed by atoms with van der Waals surface area (Å²) in [4.78, 5) is 7.10. The quantitative estimate of drug-likeness (QED) is 0.911. The minimum Gasteiger partial charge on any atom is -0.314 e. The molecule has 0 aromatic carbocycles. The molecule has 0 spiro atoms. The fourth-order valence-corrected chi connectivity index (χ4v) is 4.09. The van der Waals surface area contributed by atoms with Gasteiger partial charge in [-0.2, -0.15) is 0 Å². The minimum atomic E-state index is 0.487. The standard InChI is InChI=1S/C14H23N3S/c1-11(14-9-18-10-16-14)17-7-3-4-12(8-17)13-5-2-6-15-13/h9-13,15H,2-8H2,1H3. The third kappa shape index (κ3) is 2.60. The Hall–Kier alpha value is -0.450. The molecule has 0 bridgehead atoms. The van der Waals surface area contributed by atoms with Gasteiger partial charge in [0.25, 0.3) is 0 Å². The van der Waals surface area contributed by atoms with Crippen molar-refractivity contribution >= 4 is 11.3 Å². The topological polar surface area (TPSA) is 28.2 Å². The Balaban J connectivity index is 1.62. The molecule has 2 fully saturated rings. The zero-order valence-electron chi connectivity index (χ0n) is 11.1. The maximum atomic E-state index is 4.48. The van der Waals surface area contributed by atoms with Crippen LogP contribution in [0.5, 0.6) is 0 Å². The molecule has 100 valence electrons. The van der Waals surface area contributed by atoms with E-state index in [1.165, 1.54) is 51.0 Å². The van der Waals surface area contributed by atoms with E-state index in [1.54, 1.807) is 11.3 Å². The van der Waals surface area contributed by atoms with E-state index in [0.717, 1.165) is 12.0 Å². The number of nitrogens with zero attached hydrogens (tertiary/aromatic N) is 2. The van der Waals surface area contributed by atoms with Crippen molar-refractivity contribution in [2.45, 2.75) is 44.7 Å². The van der Waals surface area contributed by atoms with Gasteiger partial charge in [-0.05, 0) is 51.6 Å². The fourth-order valence-electron chi connectivity index (χ4n) is 3.45. The SMILES string of the molecule is CC(c1cscn1)N1CCCC(C2CCCN2)C1. The zero-order valence-corrected chi connectivity index (χ0v) is 12.0. The fraction of sp³-hybridized carbons (Fsp3) is 0.786. The molecule has 0 saturated carbocycles. The Morgan fingerprint density at radius 2 is 2.39 bits per heavy atom. The van der Waals surface area contributed by atoms with E-state index in [9.17, 15) is 0 Å². The van der Waals surface area contributed by atoms with Crippen LogP contribution < -0.4 is 5.32 Å². The normalized spacial score (nSPS) is 31.6. The van der Waals surface area contributed by atoms with Gasteiger partial charge in [0.1, 0.15) is 0 Å². The van der Waals surface area contributed by atoms with Crippen LogP contribution in [0.25, 0.3) is 0 Å². The summed E-state index contributed by atoms with van der Waals surface area (Å²) in [7, 11) is 0. The summed E-state index contributed by atoms with van der Waals surface area (Å²) in [6, 6.07) is 1.26. The number of likely N-dealkylation sites (tertiary alicyclic amines) is 1. The van der Waals surface area contributed by atoms with E-state index in [-0.39, 0.29) is 0 Å². The van der Waals surface area contributed by atoms with Crippen molar-refractivity contribution in [3.63, 3.8) is 0 Å². The van der Waals surface area contributed by atoms with Crippen LogP contribution >= 0.6 is 11.3 Å². The Morgan fingerprint density at radius 1 is 1.44 bits per heavy atom. The van der Waals surface area contributed by atoms with Gasteiger partial charge in [0.15, 0.2) is 0 Å². The molecule has 18 heavy (non-hydrogen) atoms. The monoisotopic (exact) mass is 265 g/mol. The van der Waals surface area contributed by atoms with E-state index >= 15 is 0 Å². The first-order valence-corrected chi connectivity index (χ1v) is 8.14. The third-order valence-electron chi connectivity index (χ3n) is 4.58. The second kappa shape index (κ2) is 5.68. The highest BCUT2D eigenvalue weighted by Crippen LogP contribution is 2.30. The minimum absolute atomic E-state index is 0.487. The van der Waals surface area contributed by atoms with Crippen LogP contribution in [0.1, 0.15) is 44.3 Å².